The van der Waals surface area contributed by atoms with E-state index in [0.29, 0.717) is 13.1 Å². The molecule has 0 spiro atoms. The van der Waals surface area contributed by atoms with Crippen molar-refractivity contribution in [2.45, 2.75) is 50.7 Å². The van der Waals surface area contributed by atoms with Gasteiger partial charge in [0.1, 0.15) is 0 Å². The van der Waals surface area contributed by atoms with Crippen molar-refractivity contribution in [2.24, 2.45) is 5.73 Å². The van der Waals surface area contributed by atoms with E-state index in [-0.39, 0.29) is 11.1 Å². The molecule has 1 aromatic rings. The summed E-state index contributed by atoms with van der Waals surface area (Å²) >= 11 is 0. The number of nitrogens with one attached hydrogen (secondary N) is 1. The van der Waals surface area contributed by atoms with E-state index in [4.69, 9.17) is 5.73 Å². The van der Waals surface area contributed by atoms with Crippen LogP contribution in [0.4, 0.5) is 0 Å². The molecule has 18 heavy (non-hydrogen) atoms. The SMILES string of the molecule is CCCCC(CN)NS(=O)(=O)c1ccnn1CC. The van der Waals surface area contributed by atoms with Gasteiger partial charge in [-0.2, -0.15) is 5.10 Å². The third-order valence-corrected chi connectivity index (χ3v) is 4.31. The van der Waals surface area contributed by atoms with E-state index in [1.807, 2.05) is 6.92 Å². The summed E-state index contributed by atoms with van der Waals surface area (Å²) in [5.74, 6) is 0. The van der Waals surface area contributed by atoms with Crippen molar-refractivity contribution in [3.8, 4) is 0 Å². The van der Waals surface area contributed by atoms with Crippen LogP contribution in [0.25, 0.3) is 0 Å². The number of hydrogen-bond donors (Lipinski definition) is 2. The van der Waals surface area contributed by atoms with Crippen molar-refractivity contribution < 1.29 is 8.42 Å². The zero-order valence-electron chi connectivity index (χ0n) is 11.0. The Morgan fingerprint density at radius 1 is 1.50 bits per heavy atom. The predicted molar refractivity (Wildman–Crippen MR) is 70.6 cm³/mol. The first-order chi connectivity index (χ1) is 8.55. The number of aromatic nitrogens is 2. The molecule has 0 fully saturated rings. The summed E-state index contributed by atoms with van der Waals surface area (Å²) in [5, 5.41) is 4.16. The van der Waals surface area contributed by atoms with Gasteiger partial charge in [-0.3, -0.25) is 4.68 Å². The summed E-state index contributed by atoms with van der Waals surface area (Å²) in [6.45, 7) is 4.74. The summed E-state index contributed by atoms with van der Waals surface area (Å²) in [7, 11) is -3.53. The van der Waals surface area contributed by atoms with Crippen molar-refractivity contribution in [1.29, 1.82) is 0 Å². The minimum absolute atomic E-state index is 0.194. The Labute approximate surface area is 109 Å². The highest BCUT2D eigenvalue weighted by atomic mass is 32.2. The monoisotopic (exact) mass is 274 g/mol. The fourth-order valence-electron chi connectivity index (χ4n) is 1.74. The molecule has 1 unspecified atom stereocenters. The van der Waals surface area contributed by atoms with Crippen LogP contribution in [-0.2, 0) is 16.6 Å². The van der Waals surface area contributed by atoms with Crippen molar-refractivity contribution in [3.05, 3.63) is 12.3 Å². The summed E-state index contributed by atoms with van der Waals surface area (Å²) in [5.41, 5.74) is 5.60. The highest BCUT2D eigenvalue weighted by Crippen LogP contribution is 2.10. The number of nitrogens with two attached hydrogens (primary N) is 1. The lowest BCUT2D eigenvalue weighted by atomic mass is 10.1. The Morgan fingerprint density at radius 3 is 2.78 bits per heavy atom. The number of hydrogen-bond acceptors (Lipinski definition) is 4. The molecule has 1 atom stereocenters. The highest BCUT2D eigenvalue weighted by Gasteiger charge is 2.22. The minimum atomic E-state index is -3.53. The van der Waals surface area contributed by atoms with Crippen LogP contribution >= 0.6 is 0 Å². The first-order valence-electron chi connectivity index (χ1n) is 6.29. The molecule has 6 nitrogen and oxygen atoms in total. The molecule has 7 heteroatoms. The summed E-state index contributed by atoms with van der Waals surface area (Å²) in [6, 6.07) is 1.29. The van der Waals surface area contributed by atoms with Gasteiger partial charge in [0.05, 0.1) is 6.20 Å². The molecule has 0 saturated carbocycles. The maximum absolute atomic E-state index is 12.2. The maximum Gasteiger partial charge on any atom is 0.258 e. The van der Waals surface area contributed by atoms with Gasteiger partial charge in [0.15, 0.2) is 5.03 Å². The largest absolute Gasteiger partial charge is 0.329 e. The fraction of sp³-hybridized carbons (Fsp3) is 0.727. The lowest BCUT2D eigenvalue weighted by Crippen LogP contribution is -2.40. The molecule has 0 aliphatic carbocycles. The molecule has 0 aliphatic heterocycles. The predicted octanol–water partition coefficient (Wildman–Crippen LogP) is 0.699. The Balaban J connectivity index is 2.80. The smallest absolute Gasteiger partial charge is 0.258 e. The molecule has 0 aliphatic rings. The quantitative estimate of drug-likeness (QED) is 0.730. The van der Waals surface area contributed by atoms with Gasteiger partial charge in [-0.25, -0.2) is 13.1 Å². The topological polar surface area (TPSA) is 90.0 Å². The van der Waals surface area contributed by atoms with Gasteiger partial charge in [-0.05, 0) is 19.4 Å². The number of unbranched alkanes of at least 4 members (excludes halogenated alkanes) is 1. The van der Waals surface area contributed by atoms with Crippen molar-refractivity contribution in [2.75, 3.05) is 6.54 Å². The maximum atomic E-state index is 12.2. The van der Waals surface area contributed by atoms with Gasteiger partial charge in [0.25, 0.3) is 10.0 Å². The van der Waals surface area contributed by atoms with Crippen LogP contribution in [0.2, 0.25) is 0 Å². The lowest BCUT2D eigenvalue weighted by molar-refractivity contribution is 0.502. The molecule has 0 aromatic carbocycles. The Bertz CT molecular complexity index is 455. The van der Waals surface area contributed by atoms with Gasteiger partial charge in [-0.1, -0.05) is 19.8 Å². The summed E-state index contributed by atoms with van der Waals surface area (Å²) < 4.78 is 28.5. The van der Waals surface area contributed by atoms with E-state index in [1.165, 1.54) is 16.9 Å². The van der Waals surface area contributed by atoms with Crippen LogP contribution in [0.3, 0.4) is 0 Å². The Hall–Kier alpha value is -0.920. The molecule has 0 bridgehead atoms. The zero-order chi connectivity index (χ0) is 13.6. The normalized spacial score (nSPS) is 13.7. The fourth-order valence-corrected chi connectivity index (χ4v) is 3.21. The van der Waals surface area contributed by atoms with Crippen LogP contribution < -0.4 is 10.5 Å². The van der Waals surface area contributed by atoms with Crippen LogP contribution in [-0.4, -0.2) is 30.8 Å². The third-order valence-electron chi connectivity index (χ3n) is 2.76. The average molecular weight is 274 g/mol. The second-order valence-corrected chi connectivity index (χ2v) is 5.84. The number of nitrogens with zero attached hydrogens (tertiary/aromatic N) is 2. The Kier molecular flexibility index (Phi) is 5.77. The van der Waals surface area contributed by atoms with Crippen LogP contribution in [0.1, 0.15) is 33.1 Å². The second-order valence-electron chi connectivity index (χ2n) is 4.18. The van der Waals surface area contributed by atoms with E-state index >= 15 is 0 Å². The Morgan fingerprint density at radius 2 is 2.22 bits per heavy atom. The van der Waals surface area contributed by atoms with E-state index in [0.717, 1.165) is 19.3 Å². The molecule has 104 valence electrons. The van der Waals surface area contributed by atoms with Gasteiger partial charge in [0, 0.05) is 19.1 Å². The standard InChI is InChI=1S/C11H22N4O2S/c1-3-5-6-10(9-12)14-18(16,17)11-7-8-13-15(11)4-2/h7-8,10,14H,3-6,9,12H2,1-2H3. The molecule has 0 saturated heterocycles. The first kappa shape index (κ1) is 15.1. The van der Waals surface area contributed by atoms with E-state index in [1.54, 1.807) is 0 Å². The molecule has 1 rings (SSSR count). The molecule has 3 N–H and O–H groups in total. The van der Waals surface area contributed by atoms with Crippen molar-refractivity contribution in [1.82, 2.24) is 14.5 Å². The average Bonchev–Trinajstić information content (AvgIpc) is 2.83. The number of sulfonamides is 1. The van der Waals surface area contributed by atoms with Crippen molar-refractivity contribution in [3.63, 3.8) is 0 Å². The number of rotatable bonds is 8. The third kappa shape index (κ3) is 3.79. The molecule has 0 amide bonds. The minimum Gasteiger partial charge on any atom is -0.329 e. The van der Waals surface area contributed by atoms with Gasteiger partial charge in [-0.15, -0.1) is 0 Å². The second kappa shape index (κ2) is 6.86. The van der Waals surface area contributed by atoms with Gasteiger partial charge < -0.3 is 5.73 Å². The summed E-state index contributed by atoms with van der Waals surface area (Å²) in [6.07, 6.45) is 4.22. The molecule has 1 aromatic heterocycles. The van der Waals surface area contributed by atoms with Gasteiger partial charge in [0.2, 0.25) is 0 Å². The first-order valence-corrected chi connectivity index (χ1v) is 7.77. The van der Waals surface area contributed by atoms with Crippen LogP contribution in [0.5, 0.6) is 0 Å². The van der Waals surface area contributed by atoms with Gasteiger partial charge >= 0.3 is 0 Å². The molecule has 1 heterocycles. The molecular weight excluding hydrogens is 252 g/mol. The van der Waals surface area contributed by atoms with Crippen LogP contribution in [0, 0.1) is 0 Å². The molecule has 0 radical (unpaired) electrons. The summed E-state index contributed by atoms with van der Waals surface area (Å²) in [4.78, 5) is 0. The lowest BCUT2D eigenvalue weighted by Gasteiger charge is -2.16. The zero-order valence-corrected chi connectivity index (χ0v) is 11.8. The van der Waals surface area contributed by atoms with E-state index in [2.05, 4.69) is 16.7 Å². The number of aryl methyl sites for hydroxylation is 1. The van der Waals surface area contributed by atoms with Crippen molar-refractivity contribution >= 4 is 10.0 Å². The van der Waals surface area contributed by atoms with Crippen LogP contribution in [0.15, 0.2) is 17.3 Å². The van der Waals surface area contributed by atoms with E-state index < -0.39 is 10.0 Å². The highest BCUT2D eigenvalue weighted by molar-refractivity contribution is 7.89. The molecular formula is C11H22N4O2S. The van der Waals surface area contributed by atoms with E-state index in [9.17, 15) is 8.42 Å².